The van der Waals surface area contributed by atoms with Crippen LogP contribution in [0.15, 0.2) is 48.7 Å². The second kappa shape index (κ2) is 8.49. The van der Waals surface area contributed by atoms with Gasteiger partial charge in [-0.3, -0.25) is 9.48 Å². The molecule has 0 unspecified atom stereocenters. The number of piperidine rings is 1. The smallest absolute Gasteiger partial charge is 0.254 e. The van der Waals surface area contributed by atoms with Gasteiger partial charge in [0.2, 0.25) is 0 Å². The molecule has 1 fully saturated rings. The monoisotopic (exact) mass is 441 g/mol. The first kappa shape index (κ1) is 21.6. The summed E-state index contributed by atoms with van der Waals surface area (Å²) in [6.45, 7) is 3.52. The summed E-state index contributed by atoms with van der Waals surface area (Å²) in [5.41, 5.74) is 6.99. The van der Waals surface area contributed by atoms with Crippen molar-refractivity contribution in [1.29, 1.82) is 0 Å². The van der Waals surface area contributed by atoms with E-state index >= 15 is 0 Å². The predicted molar refractivity (Wildman–Crippen MR) is 118 cm³/mol. The zero-order valence-corrected chi connectivity index (χ0v) is 17.9. The molecule has 9 heteroatoms. The van der Waals surface area contributed by atoms with E-state index in [1.165, 1.54) is 25.3 Å². The molecule has 0 aliphatic carbocycles. The van der Waals surface area contributed by atoms with Crippen molar-refractivity contribution < 1.29 is 18.3 Å². The van der Waals surface area contributed by atoms with Crippen LogP contribution in [0.2, 0.25) is 0 Å². The lowest BCUT2D eigenvalue weighted by molar-refractivity contribution is 0.100. The van der Waals surface area contributed by atoms with Gasteiger partial charge in [-0.25, -0.2) is 8.78 Å². The van der Waals surface area contributed by atoms with E-state index in [-0.39, 0.29) is 22.7 Å². The first-order valence-electron chi connectivity index (χ1n) is 10.3. The first-order valence-corrected chi connectivity index (χ1v) is 10.3. The van der Waals surface area contributed by atoms with Crippen molar-refractivity contribution in [3.05, 3.63) is 65.9 Å². The Hall–Kier alpha value is -3.62. The van der Waals surface area contributed by atoms with E-state index < -0.39 is 11.7 Å². The van der Waals surface area contributed by atoms with Crippen molar-refractivity contribution in [2.75, 3.05) is 30.4 Å². The lowest BCUT2D eigenvalue weighted by Gasteiger charge is -2.40. The van der Waals surface area contributed by atoms with Crippen molar-refractivity contribution >= 4 is 23.1 Å². The maximum absolute atomic E-state index is 13.7. The van der Waals surface area contributed by atoms with Crippen LogP contribution in [0.25, 0.3) is 0 Å². The number of anilines is 3. The topological polar surface area (TPSA) is 85.4 Å². The quantitative estimate of drug-likeness (QED) is 0.603. The van der Waals surface area contributed by atoms with Gasteiger partial charge in [-0.05, 0) is 56.2 Å². The number of nitrogens with one attached hydrogen (secondary N) is 1. The number of carbonyl (C=O) groups is 1. The molecule has 1 aliphatic heterocycles. The molecule has 0 atom stereocenters. The predicted octanol–water partition coefficient (Wildman–Crippen LogP) is 4.03. The summed E-state index contributed by atoms with van der Waals surface area (Å²) in [4.78, 5) is 14.2. The van der Waals surface area contributed by atoms with Crippen LogP contribution in [0.1, 0.15) is 30.1 Å². The number of ether oxygens (including phenoxy) is 1. The fourth-order valence-corrected chi connectivity index (χ4v) is 3.91. The molecule has 0 spiro atoms. The van der Waals surface area contributed by atoms with Crippen LogP contribution in [0, 0.1) is 11.6 Å². The van der Waals surface area contributed by atoms with E-state index in [0.29, 0.717) is 11.5 Å². The molecule has 0 bridgehead atoms. The van der Waals surface area contributed by atoms with Crippen molar-refractivity contribution in [3.63, 3.8) is 0 Å². The molecule has 168 valence electrons. The Balaban J connectivity index is 1.53. The Bertz CT molecular complexity index is 1120. The highest BCUT2D eigenvalue weighted by molar-refractivity contribution is 5.98. The van der Waals surface area contributed by atoms with Crippen molar-refractivity contribution in [1.82, 2.24) is 9.78 Å². The fraction of sp³-hybridized carbons (Fsp3) is 0.304. The van der Waals surface area contributed by atoms with E-state index in [1.807, 2.05) is 0 Å². The maximum Gasteiger partial charge on any atom is 0.254 e. The lowest BCUT2D eigenvalue weighted by Crippen LogP contribution is -2.44. The number of nitrogens with two attached hydrogens (primary N) is 1. The second-order valence-corrected chi connectivity index (χ2v) is 8.13. The summed E-state index contributed by atoms with van der Waals surface area (Å²) >= 11 is 0. The summed E-state index contributed by atoms with van der Waals surface area (Å²) in [7, 11) is 1.45. The van der Waals surface area contributed by atoms with Gasteiger partial charge in [0.15, 0.2) is 17.4 Å². The summed E-state index contributed by atoms with van der Waals surface area (Å²) in [6.07, 6.45) is 3.16. The maximum atomic E-state index is 13.7. The minimum Gasteiger partial charge on any atom is -0.494 e. The molecule has 0 saturated carbocycles. The molecule has 3 aromatic rings. The number of methoxy groups -OCH3 is 1. The molecule has 2 heterocycles. The molecule has 0 radical (unpaired) electrons. The number of primary amides is 1. The largest absolute Gasteiger partial charge is 0.494 e. The van der Waals surface area contributed by atoms with Crippen LogP contribution < -0.4 is 20.7 Å². The number of halogens is 2. The second-order valence-electron chi connectivity index (χ2n) is 8.13. The highest BCUT2D eigenvalue weighted by Gasteiger charge is 2.34. The zero-order chi connectivity index (χ0) is 22.9. The Labute approximate surface area is 184 Å². The lowest BCUT2D eigenvalue weighted by atomic mass is 9.89. The first-order chi connectivity index (χ1) is 15.3. The average Bonchev–Trinajstić information content (AvgIpc) is 3.21. The van der Waals surface area contributed by atoms with E-state index in [1.54, 1.807) is 35.1 Å². The average molecular weight is 441 g/mol. The molecule has 1 amide bonds. The van der Waals surface area contributed by atoms with Crippen LogP contribution in [-0.2, 0) is 5.54 Å². The van der Waals surface area contributed by atoms with Crippen molar-refractivity contribution in [2.24, 2.45) is 5.73 Å². The highest BCUT2D eigenvalue weighted by Crippen LogP contribution is 2.34. The van der Waals surface area contributed by atoms with Gasteiger partial charge >= 0.3 is 0 Å². The number of benzene rings is 2. The van der Waals surface area contributed by atoms with Crippen LogP contribution in [-0.4, -0.2) is 35.9 Å². The molecule has 7 nitrogen and oxygen atoms in total. The molecule has 1 aliphatic rings. The molecule has 1 aromatic heterocycles. The summed E-state index contributed by atoms with van der Waals surface area (Å²) in [6, 6.07) is 10.6. The molecule has 4 rings (SSSR count). The molecular weight excluding hydrogens is 416 g/mol. The molecule has 2 aromatic carbocycles. The number of amides is 1. The number of carbonyl (C=O) groups excluding carboxylic acids is 1. The fourth-order valence-electron chi connectivity index (χ4n) is 3.91. The van der Waals surface area contributed by atoms with Crippen molar-refractivity contribution in [3.8, 4) is 5.75 Å². The van der Waals surface area contributed by atoms with Gasteiger partial charge in [-0.2, -0.15) is 5.10 Å². The zero-order valence-electron chi connectivity index (χ0n) is 17.9. The molecule has 1 saturated heterocycles. The minimum atomic E-state index is -0.597. The molecule has 32 heavy (non-hydrogen) atoms. The Kier molecular flexibility index (Phi) is 5.73. The molecule has 3 N–H and O–H groups in total. The van der Waals surface area contributed by atoms with E-state index in [0.717, 1.165) is 31.6 Å². The van der Waals surface area contributed by atoms with Crippen LogP contribution >= 0.6 is 0 Å². The standard InChI is InChI=1S/C23H25F2N5O2/c1-23(9-11-29(12-10-23)17-7-8-19(25)20(13-17)32-2)30-14-18(21(26)31)22(28-30)27-16-5-3-15(24)4-6-16/h3-8,13-14H,9-12H2,1-2H3,(H2,26,31)(H,27,28). The Morgan fingerprint density at radius 1 is 1.16 bits per heavy atom. The van der Waals surface area contributed by atoms with Crippen LogP contribution in [0.3, 0.4) is 0 Å². The number of hydrogen-bond donors (Lipinski definition) is 2. The third-order valence-electron chi connectivity index (χ3n) is 5.98. The van der Waals surface area contributed by atoms with Gasteiger partial charge in [0.1, 0.15) is 11.4 Å². The van der Waals surface area contributed by atoms with Crippen LogP contribution in [0.5, 0.6) is 5.75 Å². The van der Waals surface area contributed by atoms with Gasteiger partial charge in [-0.1, -0.05) is 0 Å². The van der Waals surface area contributed by atoms with Gasteiger partial charge in [0.05, 0.1) is 12.6 Å². The Morgan fingerprint density at radius 2 is 1.84 bits per heavy atom. The van der Waals surface area contributed by atoms with Gasteiger partial charge < -0.3 is 20.7 Å². The SMILES string of the molecule is COc1cc(N2CCC(C)(n3cc(C(N)=O)c(Nc4ccc(F)cc4)n3)CC2)ccc1F. The summed E-state index contributed by atoms with van der Waals surface area (Å²) in [5.74, 6) is -0.800. The van der Waals surface area contributed by atoms with Gasteiger partial charge in [0.25, 0.3) is 5.91 Å². The van der Waals surface area contributed by atoms with Gasteiger partial charge in [0, 0.05) is 36.7 Å². The highest BCUT2D eigenvalue weighted by atomic mass is 19.1. The summed E-state index contributed by atoms with van der Waals surface area (Å²) in [5, 5.41) is 7.66. The third kappa shape index (κ3) is 4.23. The minimum absolute atomic E-state index is 0.213. The number of rotatable bonds is 6. The number of nitrogens with zero attached hydrogens (tertiary/aromatic N) is 3. The number of aromatic nitrogens is 2. The molecular formula is C23H25F2N5O2. The van der Waals surface area contributed by atoms with Crippen LogP contribution in [0.4, 0.5) is 26.0 Å². The van der Waals surface area contributed by atoms with Gasteiger partial charge in [-0.15, -0.1) is 0 Å². The summed E-state index contributed by atoms with van der Waals surface area (Å²) < 4.78 is 33.8. The normalized spacial score (nSPS) is 15.4. The van der Waals surface area contributed by atoms with E-state index in [9.17, 15) is 13.6 Å². The van der Waals surface area contributed by atoms with E-state index in [2.05, 4.69) is 22.2 Å². The number of hydrogen-bond acceptors (Lipinski definition) is 5. The van der Waals surface area contributed by atoms with Crippen molar-refractivity contribution in [2.45, 2.75) is 25.3 Å². The Morgan fingerprint density at radius 3 is 2.47 bits per heavy atom. The third-order valence-corrected chi connectivity index (χ3v) is 5.98. The van der Waals surface area contributed by atoms with E-state index in [4.69, 9.17) is 10.5 Å².